The van der Waals surface area contributed by atoms with Crippen LogP contribution in [0.5, 0.6) is 0 Å². The monoisotopic (exact) mass is 215 g/mol. The molecular formula is C13H13NO2. The summed E-state index contributed by atoms with van der Waals surface area (Å²) in [7, 11) is 0. The average Bonchev–Trinajstić information content (AvgIpc) is 2.38. The molecule has 1 saturated heterocycles. The molecule has 2 rings (SSSR count). The number of nitrogens with zero attached hydrogens (tertiary/aromatic N) is 1. The number of hydrogen-bond acceptors (Lipinski definition) is 2. The van der Waals surface area contributed by atoms with Crippen molar-refractivity contribution in [3.63, 3.8) is 0 Å². The fourth-order valence-corrected chi connectivity index (χ4v) is 1.49. The van der Waals surface area contributed by atoms with Crippen molar-refractivity contribution < 1.29 is 9.53 Å². The van der Waals surface area contributed by atoms with Gasteiger partial charge in [-0.1, -0.05) is 24.1 Å². The standard InChI is InChI=1S/C13H13NO2/c15-13(14-8-10-16-11-9-14)7-6-12-4-2-1-3-5-12/h1-5H,8-11H2. The van der Waals surface area contributed by atoms with E-state index in [1.807, 2.05) is 30.3 Å². The summed E-state index contributed by atoms with van der Waals surface area (Å²) in [5.74, 6) is 5.39. The van der Waals surface area contributed by atoms with Crippen molar-refractivity contribution in [1.29, 1.82) is 0 Å². The summed E-state index contributed by atoms with van der Waals surface area (Å²) in [6.45, 7) is 2.50. The molecule has 1 aliphatic rings. The average molecular weight is 215 g/mol. The minimum absolute atomic E-state index is 0.118. The van der Waals surface area contributed by atoms with Crippen molar-refractivity contribution in [3.05, 3.63) is 35.9 Å². The van der Waals surface area contributed by atoms with Crippen LogP contribution in [0.1, 0.15) is 5.56 Å². The van der Waals surface area contributed by atoms with E-state index in [4.69, 9.17) is 4.74 Å². The molecule has 1 aliphatic heterocycles. The molecule has 0 aliphatic carbocycles. The summed E-state index contributed by atoms with van der Waals surface area (Å²) >= 11 is 0. The maximum absolute atomic E-state index is 11.7. The first-order valence-electron chi connectivity index (χ1n) is 5.30. The van der Waals surface area contributed by atoms with Gasteiger partial charge in [-0.25, -0.2) is 0 Å². The summed E-state index contributed by atoms with van der Waals surface area (Å²) < 4.78 is 5.17. The number of carbonyl (C=O) groups excluding carboxylic acids is 1. The van der Waals surface area contributed by atoms with Crippen LogP contribution < -0.4 is 0 Å². The van der Waals surface area contributed by atoms with Crippen molar-refractivity contribution >= 4 is 5.91 Å². The van der Waals surface area contributed by atoms with E-state index in [2.05, 4.69) is 11.8 Å². The van der Waals surface area contributed by atoms with E-state index >= 15 is 0 Å². The van der Waals surface area contributed by atoms with Crippen LogP contribution in [0.15, 0.2) is 30.3 Å². The number of amides is 1. The number of rotatable bonds is 0. The molecule has 0 N–H and O–H groups in total. The zero-order valence-electron chi connectivity index (χ0n) is 8.98. The van der Waals surface area contributed by atoms with Crippen LogP contribution in [0, 0.1) is 11.8 Å². The third kappa shape index (κ3) is 2.85. The van der Waals surface area contributed by atoms with Crippen LogP contribution in [-0.2, 0) is 9.53 Å². The normalized spacial score (nSPS) is 15.1. The minimum atomic E-state index is -0.118. The van der Waals surface area contributed by atoms with E-state index in [0.29, 0.717) is 26.3 Å². The Morgan fingerprint density at radius 2 is 1.88 bits per heavy atom. The highest BCUT2D eigenvalue weighted by atomic mass is 16.5. The Bertz CT molecular complexity index is 411. The van der Waals surface area contributed by atoms with E-state index in [1.165, 1.54) is 0 Å². The Kier molecular flexibility index (Phi) is 3.58. The van der Waals surface area contributed by atoms with E-state index in [-0.39, 0.29) is 5.91 Å². The van der Waals surface area contributed by atoms with Gasteiger partial charge in [0.15, 0.2) is 0 Å². The Morgan fingerprint density at radius 3 is 2.56 bits per heavy atom. The molecule has 0 spiro atoms. The number of benzene rings is 1. The second kappa shape index (κ2) is 5.34. The molecule has 3 nitrogen and oxygen atoms in total. The quantitative estimate of drug-likeness (QED) is 0.602. The second-order valence-electron chi connectivity index (χ2n) is 3.52. The van der Waals surface area contributed by atoms with Crippen LogP contribution >= 0.6 is 0 Å². The smallest absolute Gasteiger partial charge is 0.298 e. The molecule has 1 aromatic rings. The van der Waals surface area contributed by atoms with Gasteiger partial charge >= 0.3 is 0 Å². The molecule has 0 radical (unpaired) electrons. The largest absolute Gasteiger partial charge is 0.378 e. The highest BCUT2D eigenvalue weighted by Crippen LogP contribution is 1.98. The molecule has 1 aromatic carbocycles. The Morgan fingerprint density at radius 1 is 1.19 bits per heavy atom. The molecule has 0 aromatic heterocycles. The lowest BCUT2D eigenvalue weighted by Crippen LogP contribution is -2.40. The van der Waals surface area contributed by atoms with Crippen LogP contribution in [0.2, 0.25) is 0 Å². The third-order valence-electron chi connectivity index (χ3n) is 2.39. The lowest BCUT2D eigenvalue weighted by atomic mass is 10.2. The maximum atomic E-state index is 11.7. The van der Waals surface area contributed by atoms with Crippen LogP contribution in [0.25, 0.3) is 0 Å². The van der Waals surface area contributed by atoms with Crippen molar-refractivity contribution in [2.75, 3.05) is 26.3 Å². The van der Waals surface area contributed by atoms with Crippen molar-refractivity contribution in [2.45, 2.75) is 0 Å². The Hall–Kier alpha value is -1.79. The number of carbonyl (C=O) groups is 1. The van der Waals surface area contributed by atoms with Gasteiger partial charge in [0.25, 0.3) is 5.91 Å². The van der Waals surface area contributed by atoms with Gasteiger partial charge in [-0.3, -0.25) is 4.79 Å². The van der Waals surface area contributed by atoms with E-state index in [1.54, 1.807) is 4.90 Å². The van der Waals surface area contributed by atoms with Crippen molar-refractivity contribution in [3.8, 4) is 11.8 Å². The number of hydrogen-bond donors (Lipinski definition) is 0. The Balaban J connectivity index is 1.99. The molecule has 82 valence electrons. The fourth-order valence-electron chi connectivity index (χ4n) is 1.49. The van der Waals surface area contributed by atoms with Crippen molar-refractivity contribution in [1.82, 2.24) is 4.90 Å². The zero-order valence-corrected chi connectivity index (χ0v) is 8.98. The van der Waals surface area contributed by atoms with Gasteiger partial charge in [0.2, 0.25) is 0 Å². The summed E-state index contributed by atoms with van der Waals surface area (Å²) in [6.07, 6.45) is 0. The van der Waals surface area contributed by atoms with Crippen LogP contribution in [0.4, 0.5) is 0 Å². The minimum Gasteiger partial charge on any atom is -0.378 e. The highest BCUT2D eigenvalue weighted by molar-refractivity contribution is 5.94. The predicted octanol–water partition coefficient (Wildman–Crippen LogP) is 0.897. The highest BCUT2D eigenvalue weighted by Gasteiger charge is 2.14. The predicted molar refractivity (Wildman–Crippen MR) is 60.7 cm³/mol. The summed E-state index contributed by atoms with van der Waals surface area (Å²) in [5.41, 5.74) is 0.865. The molecule has 0 bridgehead atoms. The SMILES string of the molecule is O=C(C#Cc1ccccc1)N1CCOCC1. The van der Waals surface area contributed by atoms with E-state index < -0.39 is 0 Å². The van der Waals surface area contributed by atoms with Gasteiger partial charge in [0.05, 0.1) is 13.2 Å². The summed E-state index contributed by atoms with van der Waals surface area (Å²) in [4.78, 5) is 13.4. The van der Waals surface area contributed by atoms with Gasteiger partial charge in [0.1, 0.15) is 0 Å². The number of morpholine rings is 1. The van der Waals surface area contributed by atoms with E-state index in [9.17, 15) is 4.79 Å². The molecule has 1 heterocycles. The second-order valence-corrected chi connectivity index (χ2v) is 3.52. The first-order valence-corrected chi connectivity index (χ1v) is 5.30. The van der Waals surface area contributed by atoms with E-state index in [0.717, 1.165) is 5.56 Å². The molecule has 1 amide bonds. The molecule has 0 saturated carbocycles. The summed E-state index contributed by atoms with van der Waals surface area (Å²) in [6, 6.07) is 9.51. The van der Waals surface area contributed by atoms with Gasteiger partial charge < -0.3 is 9.64 Å². The maximum Gasteiger partial charge on any atom is 0.298 e. The molecular weight excluding hydrogens is 202 g/mol. The lowest BCUT2D eigenvalue weighted by molar-refractivity contribution is -0.129. The molecule has 0 unspecified atom stereocenters. The van der Waals surface area contributed by atoms with Crippen molar-refractivity contribution in [2.24, 2.45) is 0 Å². The summed E-state index contributed by atoms with van der Waals surface area (Å²) in [5, 5.41) is 0. The molecule has 1 fully saturated rings. The first kappa shape index (κ1) is 10.7. The van der Waals surface area contributed by atoms with Gasteiger partial charge in [-0.05, 0) is 12.1 Å². The van der Waals surface area contributed by atoms with Gasteiger partial charge in [-0.2, -0.15) is 0 Å². The van der Waals surface area contributed by atoms with Gasteiger partial charge in [0, 0.05) is 24.6 Å². The Labute approximate surface area is 95.0 Å². The fraction of sp³-hybridized carbons (Fsp3) is 0.308. The number of ether oxygens (including phenoxy) is 1. The van der Waals surface area contributed by atoms with Gasteiger partial charge in [-0.15, -0.1) is 0 Å². The topological polar surface area (TPSA) is 29.5 Å². The van der Waals surface area contributed by atoms with Crippen LogP contribution in [-0.4, -0.2) is 37.1 Å². The first-order chi connectivity index (χ1) is 7.86. The third-order valence-corrected chi connectivity index (χ3v) is 2.39. The molecule has 16 heavy (non-hydrogen) atoms. The van der Waals surface area contributed by atoms with Crippen LogP contribution in [0.3, 0.4) is 0 Å². The molecule has 0 atom stereocenters. The zero-order chi connectivity index (χ0) is 11.2. The lowest BCUT2D eigenvalue weighted by Gasteiger charge is -2.24. The molecule has 3 heteroatoms.